The summed E-state index contributed by atoms with van der Waals surface area (Å²) < 4.78 is 20.3. The van der Waals surface area contributed by atoms with Gasteiger partial charge in [-0.05, 0) is 48.2 Å². The molecule has 0 aliphatic heterocycles. The van der Waals surface area contributed by atoms with Gasteiger partial charge in [-0.1, -0.05) is 35.0 Å². The summed E-state index contributed by atoms with van der Waals surface area (Å²) in [5.41, 5.74) is 7.82. The average molecular weight is 352 g/mol. The van der Waals surface area contributed by atoms with Crippen molar-refractivity contribution >= 4 is 15.9 Å². The van der Waals surface area contributed by atoms with Crippen LogP contribution in [0.15, 0.2) is 46.9 Å². The standard InChI is InChI=1S/C17H19BrFNO/c1-2-16(20)8-13-7-15(19)10-17(9-13)21-11-12-4-3-5-14(18)6-12/h3-7,9-10,16H,2,8,11,20H2,1H3. The predicted octanol–water partition coefficient (Wildman–Crippen LogP) is 4.45. The molecule has 2 rings (SSSR count). The van der Waals surface area contributed by atoms with E-state index in [-0.39, 0.29) is 11.9 Å². The van der Waals surface area contributed by atoms with Crippen molar-refractivity contribution in [2.75, 3.05) is 0 Å². The van der Waals surface area contributed by atoms with Crippen molar-refractivity contribution in [3.63, 3.8) is 0 Å². The molecule has 0 spiro atoms. The molecule has 0 bridgehead atoms. The van der Waals surface area contributed by atoms with Gasteiger partial charge in [-0.15, -0.1) is 0 Å². The zero-order valence-corrected chi connectivity index (χ0v) is 13.6. The summed E-state index contributed by atoms with van der Waals surface area (Å²) >= 11 is 3.42. The second-order valence-electron chi connectivity index (χ2n) is 5.09. The first-order valence-corrected chi connectivity index (χ1v) is 7.78. The molecule has 21 heavy (non-hydrogen) atoms. The fourth-order valence-corrected chi connectivity index (χ4v) is 2.51. The lowest BCUT2D eigenvalue weighted by atomic mass is 10.0. The van der Waals surface area contributed by atoms with Crippen molar-refractivity contribution < 1.29 is 9.13 Å². The van der Waals surface area contributed by atoms with Crippen molar-refractivity contribution in [1.82, 2.24) is 0 Å². The third kappa shape index (κ3) is 5.14. The smallest absolute Gasteiger partial charge is 0.127 e. The van der Waals surface area contributed by atoms with E-state index in [0.717, 1.165) is 22.0 Å². The molecule has 0 heterocycles. The number of ether oxygens (including phenoxy) is 1. The van der Waals surface area contributed by atoms with E-state index in [1.165, 1.54) is 12.1 Å². The normalized spacial score (nSPS) is 12.2. The van der Waals surface area contributed by atoms with E-state index in [0.29, 0.717) is 18.8 Å². The van der Waals surface area contributed by atoms with Crippen LogP contribution in [-0.2, 0) is 13.0 Å². The quantitative estimate of drug-likeness (QED) is 0.834. The largest absolute Gasteiger partial charge is 0.489 e. The van der Waals surface area contributed by atoms with Crippen LogP contribution in [0.5, 0.6) is 5.75 Å². The Morgan fingerprint density at radius 1 is 1.19 bits per heavy atom. The molecule has 0 fully saturated rings. The van der Waals surface area contributed by atoms with Crippen molar-refractivity contribution in [2.45, 2.75) is 32.4 Å². The van der Waals surface area contributed by atoms with E-state index in [2.05, 4.69) is 15.9 Å². The van der Waals surface area contributed by atoms with Gasteiger partial charge in [0.05, 0.1) is 0 Å². The Hall–Kier alpha value is -1.39. The van der Waals surface area contributed by atoms with Crippen LogP contribution in [0.2, 0.25) is 0 Å². The highest BCUT2D eigenvalue weighted by Gasteiger charge is 2.06. The van der Waals surface area contributed by atoms with Gasteiger partial charge in [-0.3, -0.25) is 0 Å². The van der Waals surface area contributed by atoms with Crippen molar-refractivity contribution in [3.05, 3.63) is 63.9 Å². The molecular weight excluding hydrogens is 333 g/mol. The van der Waals surface area contributed by atoms with Gasteiger partial charge in [0.2, 0.25) is 0 Å². The Labute approximate surface area is 133 Å². The molecule has 0 aliphatic carbocycles. The molecule has 1 atom stereocenters. The minimum Gasteiger partial charge on any atom is -0.489 e. The summed E-state index contributed by atoms with van der Waals surface area (Å²) in [7, 11) is 0. The fourth-order valence-electron chi connectivity index (χ4n) is 2.06. The van der Waals surface area contributed by atoms with Crippen LogP contribution in [0.1, 0.15) is 24.5 Å². The topological polar surface area (TPSA) is 35.2 Å². The Morgan fingerprint density at radius 2 is 2.00 bits per heavy atom. The Balaban J connectivity index is 2.06. The lowest BCUT2D eigenvalue weighted by Gasteiger charge is -2.12. The van der Waals surface area contributed by atoms with E-state index in [1.54, 1.807) is 0 Å². The summed E-state index contributed by atoms with van der Waals surface area (Å²) in [6.45, 7) is 2.43. The molecule has 4 heteroatoms. The zero-order valence-electron chi connectivity index (χ0n) is 12.0. The Bertz CT molecular complexity index is 603. The van der Waals surface area contributed by atoms with Gasteiger partial charge >= 0.3 is 0 Å². The third-order valence-corrected chi connectivity index (χ3v) is 3.74. The van der Waals surface area contributed by atoms with Crippen LogP contribution in [0.4, 0.5) is 4.39 Å². The third-order valence-electron chi connectivity index (χ3n) is 3.25. The van der Waals surface area contributed by atoms with Crippen molar-refractivity contribution in [2.24, 2.45) is 5.73 Å². The van der Waals surface area contributed by atoms with Crippen LogP contribution in [0.25, 0.3) is 0 Å². The van der Waals surface area contributed by atoms with Gasteiger partial charge in [0.1, 0.15) is 18.2 Å². The maximum absolute atomic E-state index is 13.6. The highest BCUT2D eigenvalue weighted by molar-refractivity contribution is 9.10. The first-order valence-electron chi connectivity index (χ1n) is 6.99. The number of hydrogen-bond acceptors (Lipinski definition) is 2. The van der Waals surface area contributed by atoms with Gasteiger partial charge < -0.3 is 10.5 Å². The lowest BCUT2D eigenvalue weighted by Crippen LogP contribution is -2.21. The molecule has 0 aliphatic rings. The van der Waals surface area contributed by atoms with Crippen LogP contribution < -0.4 is 10.5 Å². The first kappa shape index (κ1) is 16.0. The summed E-state index contributed by atoms with van der Waals surface area (Å²) in [4.78, 5) is 0. The Morgan fingerprint density at radius 3 is 2.71 bits per heavy atom. The minimum absolute atomic E-state index is 0.0460. The molecule has 0 amide bonds. The van der Waals surface area contributed by atoms with Gasteiger partial charge in [-0.25, -0.2) is 4.39 Å². The SMILES string of the molecule is CCC(N)Cc1cc(F)cc(OCc2cccc(Br)c2)c1. The summed E-state index contributed by atoms with van der Waals surface area (Å²) in [6, 6.07) is 12.7. The molecule has 0 saturated carbocycles. The lowest BCUT2D eigenvalue weighted by molar-refractivity contribution is 0.304. The molecule has 0 aromatic heterocycles. The maximum Gasteiger partial charge on any atom is 0.127 e. The van der Waals surface area contributed by atoms with Crippen LogP contribution >= 0.6 is 15.9 Å². The molecule has 0 saturated heterocycles. The van der Waals surface area contributed by atoms with E-state index in [4.69, 9.17) is 10.5 Å². The monoisotopic (exact) mass is 351 g/mol. The van der Waals surface area contributed by atoms with Crippen LogP contribution in [0, 0.1) is 5.82 Å². The van der Waals surface area contributed by atoms with Crippen molar-refractivity contribution in [1.29, 1.82) is 0 Å². The fraction of sp³-hybridized carbons (Fsp3) is 0.294. The molecule has 2 aromatic rings. The highest BCUT2D eigenvalue weighted by atomic mass is 79.9. The summed E-state index contributed by atoms with van der Waals surface area (Å²) in [5.74, 6) is 0.244. The predicted molar refractivity (Wildman–Crippen MR) is 86.8 cm³/mol. The highest BCUT2D eigenvalue weighted by Crippen LogP contribution is 2.20. The van der Waals surface area contributed by atoms with Gasteiger partial charge in [-0.2, -0.15) is 0 Å². The molecule has 2 aromatic carbocycles. The number of nitrogens with two attached hydrogens (primary N) is 1. The van der Waals surface area contributed by atoms with E-state index in [9.17, 15) is 4.39 Å². The second kappa shape index (κ2) is 7.57. The van der Waals surface area contributed by atoms with Crippen LogP contribution in [-0.4, -0.2) is 6.04 Å². The Kier molecular flexibility index (Phi) is 5.76. The maximum atomic E-state index is 13.6. The number of benzene rings is 2. The number of rotatable bonds is 6. The zero-order chi connectivity index (χ0) is 15.2. The van der Waals surface area contributed by atoms with Crippen LogP contribution in [0.3, 0.4) is 0 Å². The minimum atomic E-state index is -0.292. The number of halogens is 2. The molecule has 2 nitrogen and oxygen atoms in total. The number of hydrogen-bond donors (Lipinski definition) is 1. The van der Waals surface area contributed by atoms with E-state index < -0.39 is 0 Å². The van der Waals surface area contributed by atoms with Gasteiger partial charge in [0.25, 0.3) is 0 Å². The molecule has 2 N–H and O–H groups in total. The first-order chi connectivity index (χ1) is 10.1. The van der Waals surface area contributed by atoms with E-state index >= 15 is 0 Å². The molecular formula is C17H19BrFNO. The van der Waals surface area contributed by atoms with Crippen molar-refractivity contribution in [3.8, 4) is 5.75 Å². The molecule has 1 unspecified atom stereocenters. The molecule has 112 valence electrons. The molecule has 0 radical (unpaired) electrons. The van der Waals surface area contributed by atoms with Gasteiger partial charge in [0.15, 0.2) is 0 Å². The van der Waals surface area contributed by atoms with E-state index in [1.807, 2.05) is 37.3 Å². The van der Waals surface area contributed by atoms with Gasteiger partial charge in [0, 0.05) is 16.6 Å². The average Bonchev–Trinajstić information content (AvgIpc) is 2.44. The summed E-state index contributed by atoms with van der Waals surface area (Å²) in [5, 5.41) is 0. The second-order valence-corrected chi connectivity index (χ2v) is 6.00. The summed E-state index contributed by atoms with van der Waals surface area (Å²) in [6.07, 6.45) is 1.52.